The van der Waals surface area contributed by atoms with Crippen LogP contribution in [0.1, 0.15) is 6.92 Å². The maximum atomic E-state index is 3.60. The number of hydrogen-bond donors (Lipinski definition) is 0. The Kier molecular flexibility index (Phi) is 6.26. The summed E-state index contributed by atoms with van der Waals surface area (Å²) in [7, 11) is 0. The van der Waals surface area contributed by atoms with Crippen LogP contribution >= 0.6 is 91.8 Å². The molecule has 0 bridgehead atoms. The summed E-state index contributed by atoms with van der Waals surface area (Å²) in [6.07, 6.45) is 0. The van der Waals surface area contributed by atoms with E-state index < -0.39 is 7.86 Å². The second-order valence-corrected chi connectivity index (χ2v) is 48.0. The quantitative estimate of drug-likeness (QED) is 0.322. The number of halogens is 6. The molecule has 0 aromatic heterocycles. The van der Waals surface area contributed by atoms with Crippen molar-refractivity contribution in [1.82, 2.24) is 0 Å². The second kappa shape index (κ2) is 4.70. The maximum absolute atomic E-state index is 3.60. The third-order valence-electron chi connectivity index (χ3n) is 0.982. The molecular weight excluding hydrogens is 560 g/mol. The van der Waals surface area contributed by atoms with Gasteiger partial charge in [0.15, 0.2) is 0 Å². The fraction of sp³-hybridized carbons (Fsp3) is 1.00. The van der Waals surface area contributed by atoms with Gasteiger partial charge < -0.3 is 0 Å². The second-order valence-electron chi connectivity index (χ2n) is 1.80. The molecule has 0 nitrogen and oxygen atoms in total. The van der Waals surface area contributed by atoms with Crippen molar-refractivity contribution in [2.24, 2.45) is 0 Å². The first-order valence-corrected chi connectivity index (χ1v) is 20.0. The molecule has 0 saturated heterocycles. The van der Waals surface area contributed by atoms with E-state index in [2.05, 4.69) is 98.7 Å². The Labute approximate surface area is 110 Å². The van der Waals surface area contributed by atoms with Gasteiger partial charge in [-0.2, -0.15) is 0 Å². The van der Waals surface area contributed by atoms with Crippen molar-refractivity contribution in [2.75, 3.05) is 0 Å². The minimum Gasteiger partial charge on any atom is -0.0963 e. The van der Waals surface area contributed by atoms with Gasteiger partial charge in [0.25, 0.3) is 7.86 Å². The molecule has 10 heavy (non-hydrogen) atoms. The highest BCUT2D eigenvalue weighted by Crippen LogP contribution is 2.51. The van der Waals surface area contributed by atoms with Crippen LogP contribution in [-0.4, -0.2) is 7.86 Å². The molecule has 0 amide bonds. The number of hydrogen-bond acceptors (Lipinski definition) is 0. The molecule has 0 rings (SSSR count). The first-order chi connectivity index (χ1) is 4.15. The van der Waals surface area contributed by atoms with Crippen molar-refractivity contribution >= 4 is 99.6 Å². The predicted octanol–water partition coefficient (Wildman–Crippen LogP) is 5.16. The van der Waals surface area contributed by atoms with Crippen LogP contribution in [0.4, 0.5) is 0 Å². The van der Waals surface area contributed by atoms with Gasteiger partial charge >= 0.3 is 0 Å². The summed E-state index contributed by atoms with van der Waals surface area (Å²) in [6, 6.07) is 0. The van der Waals surface area contributed by atoms with Crippen LogP contribution in [-0.2, 0) is 0 Å². The van der Waals surface area contributed by atoms with Crippen molar-refractivity contribution in [2.45, 2.75) is 12.1 Å². The van der Waals surface area contributed by atoms with E-state index in [1.165, 1.54) is 0 Å². The molecule has 0 fully saturated rings. The van der Waals surface area contributed by atoms with E-state index in [-0.39, 0.29) is 0 Å². The lowest BCUT2D eigenvalue weighted by Crippen LogP contribution is -2.29. The van der Waals surface area contributed by atoms with Gasteiger partial charge in [0.05, 0.1) is 0 Å². The Morgan fingerprint density at radius 3 is 1.00 bits per heavy atom. The van der Waals surface area contributed by atoms with Gasteiger partial charge in [-0.15, -0.1) is 0 Å². The summed E-state index contributed by atoms with van der Waals surface area (Å²) in [5.41, 5.74) is 0. The summed E-state index contributed by atoms with van der Waals surface area (Å²) in [5, 5.41) is 0.542. The van der Waals surface area contributed by atoms with E-state index >= 15 is 0 Å². The van der Waals surface area contributed by atoms with Crippen LogP contribution < -0.4 is 0 Å². The highest BCUT2D eigenvalue weighted by Gasteiger charge is 2.44. The Hall–Kier alpha value is 3.31. The molecular formula is C2H4Br6Si2. The van der Waals surface area contributed by atoms with E-state index in [0.717, 1.165) is 0 Å². The van der Waals surface area contributed by atoms with E-state index in [9.17, 15) is 0 Å². The average molecular weight is 564 g/mol. The predicted molar refractivity (Wildman–Crippen MR) is 74.5 cm³/mol. The summed E-state index contributed by atoms with van der Waals surface area (Å²) >= 11 is 21.6. The van der Waals surface area contributed by atoms with Gasteiger partial charge in [0, 0.05) is 5.16 Å². The van der Waals surface area contributed by atoms with Crippen molar-refractivity contribution in [3.05, 3.63) is 0 Å². The van der Waals surface area contributed by atoms with Gasteiger partial charge in [-0.3, -0.25) is 0 Å². The van der Waals surface area contributed by atoms with E-state index in [1.807, 2.05) is 0 Å². The monoisotopic (exact) mass is 557 g/mol. The summed E-state index contributed by atoms with van der Waals surface area (Å²) < 4.78 is -3.07. The lowest BCUT2D eigenvalue weighted by molar-refractivity contribution is 1.34. The zero-order chi connectivity index (χ0) is 8.58. The van der Waals surface area contributed by atoms with Crippen LogP contribution in [0.25, 0.3) is 0 Å². The van der Waals surface area contributed by atoms with Crippen molar-refractivity contribution in [1.29, 1.82) is 0 Å². The normalized spacial score (nSPS) is 14.4. The lowest BCUT2D eigenvalue weighted by Gasteiger charge is -2.24. The van der Waals surface area contributed by atoms with E-state index in [0.29, 0.717) is 5.16 Å². The SMILES string of the molecule is CC([Si](Br)(Br)Br)[Si](Br)(Br)Br. The molecule has 0 N–H and O–H groups in total. The third kappa shape index (κ3) is 5.13. The third-order valence-corrected chi connectivity index (χ3v) is 25.5. The molecule has 0 aliphatic rings. The molecule has 0 unspecified atom stereocenters. The Morgan fingerprint density at radius 1 is 0.800 bits per heavy atom. The fourth-order valence-electron chi connectivity index (χ4n) is 0.186. The highest BCUT2D eigenvalue weighted by atomic mass is 80.0. The van der Waals surface area contributed by atoms with Gasteiger partial charge in [0.1, 0.15) is 0 Å². The molecule has 0 aromatic rings. The van der Waals surface area contributed by atoms with Crippen LogP contribution in [0.2, 0.25) is 5.16 Å². The molecule has 0 saturated carbocycles. The highest BCUT2D eigenvalue weighted by molar-refractivity contribution is 9.74. The summed E-state index contributed by atoms with van der Waals surface area (Å²) in [5.74, 6) is 0. The molecule has 8 heteroatoms. The molecule has 0 spiro atoms. The van der Waals surface area contributed by atoms with Crippen molar-refractivity contribution in [3.8, 4) is 0 Å². The lowest BCUT2D eigenvalue weighted by atomic mass is 11.0. The Bertz CT molecular complexity index is 97.9. The smallest absolute Gasteiger partial charge is 0.0963 e. The summed E-state index contributed by atoms with van der Waals surface area (Å²) in [4.78, 5) is 0. The molecule has 0 radical (unpaired) electrons. The maximum Gasteiger partial charge on any atom is 0.269 e. The zero-order valence-electron chi connectivity index (χ0n) is 4.85. The van der Waals surface area contributed by atoms with Gasteiger partial charge in [-0.25, -0.2) is 0 Å². The zero-order valence-corrected chi connectivity index (χ0v) is 16.4. The summed E-state index contributed by atoms with van der Waals surface area (Å²) in [6.45, 7) is 2.18. The molecule has 0 aliphatic carbocycles. The minimum absolute atomic E-state index is 0.542. The molecule has 0 aliphatic heterocycles. The molecule has 0 atom stereocenters. The van der Waals surface area contributed by atoms with Gasteiger partial charge in [-0.1, -0.05) is 98.7 Å². The van der Waals surface area contributed by atoms with Crippen molar-refractivity contribution < 1.29 is 0 Å². The Balaban J connectivity index is 4.23. The Morgan fingerprint density at radius 2 is 1.00 bits per heavy atom. The average Bonchev–Trinajstić information content (AvgIpc) is 1.59. The molecule has 0 aromatic carbocycles. The standard InChI is InChI=1S/C2H4Br6Si2/c1-2(9(3,4)5)10(6,7)8/h2H,1H3. The largest absolute Gasteiger partial charge is 0.269 e. The van der Waals surface area contributed by atoms with E-state index in [4.69, 9.17) is 0 Å². The minimum atomic E-state index is -1.54. The van der Waals surface area contributed by atoms with Crippen LogP contribution in [0.15, 0.2) is 0 Å². The van der Waals surface area contributed by atoms with Crippen LogP contribution in [0.5, 0.6) is 0 Å². The van der Waals surface area contributed by atoms with Crippen LogP contribution in [0, 0.1) is 0 Å². The molecule has 62 valence electrons. The topological polar surface area (TPSA) is 0 Å². The van der Waals surface area contributed by atoms with Crippen molar-refractivity contribution in [3.63, 3.8) is 0 Å². The van der Waals surface area contributed by atoms with E-state index in [1.54, 1.807) is 0 Å². The molecule has 0 heterocycles. The fourth-order valence-corrected chi connectivity index (χ4v) is 45.1. The number of rotatable bonds is 2. The van der Waals surface area contributed by atoms with Gasteiger partial charge in [0.2, 0.25) is 0 Å². The van der Waals surface area contributed by atoms with Gasteiger partial charge in [-0.05, 0) is 0 Å². The first-order valence-electron chi connectivity index (χ1n) is 2.29. The van der Waals surface area contributed by atoms with Crippen LogP contribution in [0.3, 0.4) is 0 Å². The first kappa shape index (κ1) is 13.3.